The zero-order valence-electron chi connectivity index (χ0n) is 23.9. The van der Waals surface area contributed by atoms with Crippen LogP contribution in [0.15, 0.2) is 96.3 Å². The normalized spacial score (nSPS) is 14.9. The van der Waals surface area contributed by atoms with Gasteiger partial charge in [-0.1, -0.05) is 84.1 Å². The smallest absolute Gasteiger partial charge is 0.296 e. The van der Waals surface area contributed by atoms with Crippen LogP contribution in [-0.4, -0.2) is 34.2 Å². The van der Waals surface area contributed by atoms with Gasteiger partial charge in [0.2, 0.25) is 0 Å². The molecule has 4 aromatic rings. The molecular formula is C34H30N2O6S. The molecular weight excluding hydrogens is 564 g/mol. The molecule has 218 valence electrons. The Labute approximate surface area is 253 Å². The Kier molecular flexibility index (Phi) is 8.82. The SMILES string of the molecule is CCOc1cc(C2C(C(=O)/C=C/c3ccccc3)=C(O)C(=O)N2c2nc(C)c(C(C)=O)s2)ccc1OCc1ccccc1. The number of rotatable bonds is 11. The molecule has 5 rings (SSSR count). The van der Waals surface area contributed by atoms with Crippen molar-refractivity contribution in [2.75, 3.05) is 11.5 Å². The van der Waals surface area contributed by atoms with Crippen molar-refractivity contribution in [1.29, 1.82) is 0 Å². The summed E-state index contributed by atoms with van der Waals surface area (Å²) < 4.78 is 12.0. The lowest BCUT2D eigenvalue weighted by Gasteiger charge is -2.25. The second kappa shape index (κ2) is 12.9. The van der Waals surface area contributed by atoms with Gasteiger partial charge in [0.05, 0.1) is 28.8 Å². The molecule has 1 aliphatic rings. The van der Waals surface area contributed by atoms with Crippen molar-refractivity contribution in [2.45, 2.75) is 33.4 Å². The fourth-order valence-electron chi connectivity index (χ4n) is 4.82. The van der Waals surface area contributed by atoms with E-state index < -0.39 is 23.5 Å². The van der Waals surface area contributed by atoms with Gasteiger partial charge < -0.3 is 14.6 Å². The van der Waals surface area contributed by atoms with Crippen LogP contribution in [0.5, 0.6) is 11.5 Å². The number of Topliss-reactive ketones (excluding diaryl/α,β-unsaturated/α-hetero) is 1. The van der Waals surface area contributed by atoms with Gasteiger partial charge in [0.25, 0.3) is 5.91 Å². The van der Waals surface area contributed by atoms with Crippen LogP contribution in [0.3, 0.4) is 0 Å². The zero-order valence-corrected chi connectivity index (χ0v) is 24.8. The van der Waals surface area contributed by atoms with Crippen LogP contribution in [-0.2, 0) is 16.2 Å². The lowest BCUT2D eigenvalue weighted by molar-refractivity contribution is -0.117. The Morgan fingerprint density at radius 1 is 1.00 bits per heavy atom. The molecule has 0 aliphatic carbocycles. The summed E-state index contributed by atoms with van der Waals surface area (Å²) in [4.78, 5) is 45.6. The number of ketones is 2. The van der Waals surface area contributed by atoms with Gasteiger partial charge in [-0.3, -0.25) is 19.3 Å². The molecule has 0 fully saturated rings. The van der Waals surface area contributed by atoms with E-state index in [0.717, 1.165) is 22.5 Å². The summed E-state index contributed by atoms with van der Waals surface area (Å²) >= 11 is 1.04. The number of hydrogen-bond acceptors (Lipinski definition) is 8. The highest BCUT2D eigenvalue weighted by Gasteiger charge is 2.45. The van der Waals surface area contributed by atoms with Crippen molar-refractivity contribution < 1.29 is 29.0 Å². The Morgan fingerprint density at radius 3 is 2.35 bits per heavy atom. The Balaban J connectivity index is 1.57. The molecule has 1 N–H and O–H groups in total. The number of aromatic nitrogens is 1. The van der Waals surface area contributed by atoms with E-state index in [1.54, 1.807) is 31.2 Å². The molecule has 2 heterocycles. The molecule has 9 heteroatoms. The van der Waals surface area contributed by atoms with Crippen LogP contribution in [0.25, 0.3) is 6.08 Å². The zero-order chi connectivity index (χ0) is 30.5. The van der Waals surface area contributed by atoms with E-state index in [-0.39, 0.29) is 16.5 Å². The highest BCUT2D eigenvalue weighted by molar-refractivity contribution is 7.17. The summed E-state index contributed by atoms with van der Waals surface area (Å²) in [6, 6.07) is 23.1. The average Bonchev–Trinajstić information content (AvgIpc) is 3.52. The van der Waals surface area contributed by atoms with E-state index in [1.165, 1.54) is 17.9 Å². The number of ether oxygens (including phenoxy) is 2. The van der Waals surface area contributed by atoms with E-state index in [9.17, 15) is 19.5 Å². The maximum atomic E-state index is 13.6. The third-order valence-electron chi connectivity index (χ3n) is 6.83. The van der Waals surface area contributed by atoms with Crippen LogP contribution in [0.4, 0.5) is 5.13 Å². The second-order valence-corrected chi connectivity index (χ2v) is 10.8. The van der Waals surface area contributed by atoms with Crippen LogP contribution in [0.2, 0.25) is 0 Å². The number of anilines is 1. The minimum absolute atomic E-state index is 0.102. The van der Waals surface area contributed by atoms with Gasteiger partial charge in [-0.25, -0.2) is 4.98 Å². The molecule has 0 radical (unpaired) electrons. The number of allylic oxidation sites excluding steroid dienone is 1. The maximum absolute atomic E-state index is 13.6. The first-order chi connectivity index (χ1) is 20.8. The van der Waals surface area contributed by atoms with Gasteiger partial charge in [0, 0.05) is 6.92 Å². The second-order valence-electron chi connectivity index (χ2n) is 9.83. The number of carbonyl (C=O) groups excluding carboxylic acids is 3. The molecule has 1 amide bonds. The van der Waals surface area contributed by atoms with Gasteiger partial charge in [0.15, 0.2) is 34.0 Å². The highest BCUT2D eigenvalue weighted by atomic mass is 32.1. The first-order valence-electron chi connectivity index (χ1n) is 13.7. The summed E-state index contributed by atoms with van der Waals surface area (Å²) in [5.41, 5.74) is 2.63. The van der Waals surface area contributed by atoms with Crippen molar-refractivity contribution in [2.24, 2.45) is 0 Å². The lowest BCUT2D eigenvalue weighted by Crippen LogP contribution is -2.30. The molecule has 8 nitrogen and oxygen atoms in total. The summed E-state index contributed by atoms with van der Waals surface area (Å²) in [5, 5.41) is 11.3. The monoisotopic (exact) mass is 594 g/mol. The van der Waals surface area contributed by atoms with E-state index >= 15 is 0 Å². The summed E-state index contributed by atoms with van der Waals surface area (Å²) in [6.07, 6.45) is 2.96. The molecule has 1 aromatic heterocycles. The summed E-state index contributed by atoms with van der Waals surface area (Å²) in [7, 11) is 0. The first-order valence-corrected chi connectivity index (χ1v) is 14.6. The number of carbonyl (C=O) groups is 3. The lowest BCUT2D eigenvalue weighted by atomic mass is 9.95. The fourth-order valence-corrected chi connectivity index (χ4v) is 5.81. The largest absolute Gasteiger partial charge is 0.503 e. The molecule has 1 atom stereocenters. The molecule has 0 spiro atoms. The van der Waals surface area contributed by atoms with Crippen LogP contribution in [0.1, 0.15) is 51.9 Å². The van der Waals surface area contributed by atoms with E-state index in [2.05, 4.69) is 4.98 Å². The quantitative estimate of drug-likeness (QED) is 0.150. The molecule has 1 aliphatic heterocycles. The van der Waals surface area contributed by atoms with Gasteiger partial charge in [-0.05, 0) is 48.7 Å². The van der Waals surface area contributed by atoms with Crippen molar-refractivity contribution in [1.82, 2.24) is 4.98 Å². The van der Waals surface area contributed by atoms with Crippen LogP contribution >= 0.6 is 11.3 Å². The van der Waals surface area contributed by atoms with Crippen LogP contribution in [0, 0.1) is 6.92 Å². The fraction of sp³-hybridized carbons (Fsp3) is 0.176. The minimum atomic E-state index is -1.03. The standard InChI is InChI=1S/C34H30N2O6S/c1-4-41-28-19-25(16-18-27(28)42-20-24-13-9-6-10-14-24)30-29(26(38)17-15-23-11-7-5-8-12-23)31(39)33(40)36(30)34-35-21(2)32(43-34)22(3)37/h5-19,30,39H,4,20H2,1-3H3/b17-15+. The minimum Gasteiger partial charge on any atom is -0.503 e. The number of nitrogens with zero attached hydrogens (tertiary/aromatic N) is 2. The van der Waals surface area contributed by atoms with Crippen molar-refractivity contribution in [3.63, 3.8) is 0 Å². The number of benzene rings is 3. The van der Waals surface area contributed by atoms with Crippen LogP contribution < -0.4 is 14.4 Å². The van der Waals surface area contributed by atoms with E-state index in [0.29, 0.717) is 40.8 Å². The molecule has 0 bridgehead atoms. The number of aryl methyl sites for hydroxylation is 1. The predicted molar refractivity (Wildman–Crippen MR) is 166 cm³/mol. The molecule has 1 unspecified atom stereocenters. The van der Waals surface area contributed by atoms with Gasteiger partial charge in [-0.15, -0.1) is 0 Å². The maximum Gasteiger partial charge on any atom is 0.296 e. The van der Waals surface area contributed by atoms with Crippen molar-refractivity contribution in [3.8, 4) is 11.5 Å². The number of aliphatic hydroxyl groups is 1. The Morgan fingerprint density at radius 2 is 1.70 bits per heavy atom. The van der Waals surface area contributed by atoms with Gasteiger partial charge in [-0.2, -0.15) is 0 Å². The average molecular weight is 595 g/mol. The van der Waals surface area contributed by atoms with Gasteiger partial charge >= 0.3 is 0 Å². The summed E-state index contributed by atoms with van der Waals surface area (Å²) in [5.74, 6) is -1.28. The van der Waals surface area contributed by atoms with Crippen molar-refractivity contribution >= 4 is 40.0 Å². The molecule has 43 heavy (non-hydrogen) atoms. The molecule has 0 saturated carbocycles. The third kappa shape index (κ3) is 6.27. The summed E-state index contributed by atoms with van der Waals surface area (Å²) in [6.45, 7) is 5.61. The Hall–Kier alpha value is -5.02. The highest BCUT2D eigenvalue weighted by Crippen LogP contribution is 2.45. The van der Waals surface area contributed by atoms with E-state index in [1.807, 2.05) is 67.6 Å². The first kappa shape index (κ1) is 29.5. The number of thiazole rings is 1. The molecule has 0 saturated heterocycles. The number of hydrogen-bond donors (Lipinski definition) is 1. The topological polar surface area (TPSA) is 106 Å². The predicted octanol–water partition coefficient (Wildman–Crippen LogP) is 6.81. The number of aliphatic hydroxyl groups excluding tert-OH is 1. The van der Waals surface area contributed by atoms with E-state index in [4.69, 9.17) is 9.47 Å². The van der Waals surface area contributed by atoms with Crippen molar-refractivity contribution in [3.05, 3.63) is 124 Å². The van der Waals surface area contributed by atoms with Gasteiger partial charge in [0.1, 0.15) is 6.61 Å². The third-order valence-corrected chi connectivity index (χ3v) is 8.09. The number of amides is 1. The Bertz CT molecular complexity index is 1730. The molecule has 3 aromatic carbocycles.